The molecule has 1 heterocycles. The number of carbonyl (C=O) groups excluding carboxylic acids is 1. The second-order valence-electron chi connectivity index (χ2n) is 4.29. The van der Waals surface area contributed by atoms with Crippen LogP contribution in [0.2, 0.25) is 0 Å². The van der Waals surface area contributed by atoms with Crippen LogP contribution in [0.15, 0.2) is 30.8 Å². The highest BCUT2D eigenvalue weighted by Gasteiger charge is 2.29. The lowest BCUT2D eigenvalue weighted by molar-refractivity contribution is 0.0851. The zero-order valence-electron chi connectivity index (χ0n) is 10.1. The Morgan fingerprint density at radius 1 is 1.29 bits per heavy atom. The van der Waals surface area contributed by atoms with Crippen LogP contribution in [-0.4, -0.2) is 35.2 Å². The maximum atomic E-state index is 12.1. The third-order valence-electron chi connectivity index (χ3n) is 2.91. The maximum absolute atomic E-state index is 12.1. The highest BCUT2D eigenvalue weighted by atomic mass is 32.2. The van der Waals surface area contributed by atoms with Crippen molar-refractivity contribution in [2.45, 2.75) is 6.42 Å². The SMILES string of the molecule is C=C1c2ccccc2C(=O)N1CCCS(=C)C. The molecular weight excluding hydrogens is 230 g/mol. The molecule has 0 N–H and O–H groups in total. The highest BCUT2D eigenvalue weighted by molar-refractivity contribution is 8.13. The lowest BCUT2D eigenvalue weighted by Gasteiger charge is -2.17. The summed E-state index contributed by atoms with van der Waals surface area (Å²) in [6.45, 7) is 4.77. The van der Waals surface area contributed by atoms with Crippen LogP contribution in [0.3, 0.4) is 0 Å². The van der Waals surface area contributed by atoms with E-state index in [2.05, 4.69) is 18.7 Å². The van der Waals surface area contributed by atoms with Crippen molar-refractivity contribution in [1.29, 1.82) is 0 Å². The molecule has 0 aliphatic carbocycles. The summed E-state index contributed by atoms with van der Waals surface area (Å²) in [5.41, 5.74) is 2.59. The van der Waals surface area contributed by atoms with Gasteiger partial charge in [-0.05, 0) is 24.5 Å². The zero-order valence-corrected chi connectivity index (χ0v) is 10.9. The molecule has 17 heavy (non-hydrogen) atoms. The molecule has 1 aromatic carbocycles. The molecule has 3 heteroatoms. The zero-order chi connectivity index (χ0) is 12.4. The molecule has 1 aromatic rings. The van der Waals surface area contributed by atoms with E-state index in [-0.39, 0.29) is 16.4 Å². The Labute approximate surface area is 105 Å². The normalized spacial score (nSPS) is 16.2. The standard InChI is InChI=1S/C14H17NOS/c1-11-12-7-4-5-8-13(12)14(16)15(11)9-6-10-17(2)3/h4-5,7-8H,1-2,6,9-10H2,3H3. The molecule has 0 saturated heterocycles. The first-order chi connectivity index (χ1) is 8.11. The molecular formula is C14H17NOS. The highest BCUT2D eigenvalue weighted by Crippen LogP contribution is 2.31. The minimum atomic E-state index is 0.0886. The third-order valence-corrected chi connectivity index (χ3v) is 3.90. The monoisotopic (exact) mass is 247 g/mol. The molecule has 2 nitrogen and oxygen atoms in total. The van der Waals surface area contributed by atoms with Gasteiger partial charge in [0.2, 0.25) is 0 Å². The number of carbonyl (C=O) groups is 1. The van der Waals surface area contributed by atoms with E-state index in [1.165, 1.54) is 0 Å². The van der Waals surface area contributed by atoms with Crippen LogP contribution < -0.4 is 0 Å². The van der Waals surface area contributed by atoms with Crippen molar-refractivity contribution in [1.82, 2.24) is 4.90 Å². The van der Waals surface area contributed by atoms with Gasteiger partial charge in [0, 0.05) is 23.4 Å². The first-order valence-corrected chi connectivity index (χ1v) is 7.61. The van der Waals surface area contributed by atoms with Gasteiger partial charge in [0.1, 0.15) is 0 Å². The summed E-state index contributed by atoms with van der Waals surface area (Å²) in [7, 11) is 0.194. The molecule has 0 fully saturated rings. The van der Waals surface area contributed by atoms with Crippen molar-refractivity contribution in [3.05, 3.63) is 42.0 Å². The quantitative estimate of drug-likeness (QED) is 0.749. The minimum Gasteiger partial charge on any atom is -0.308 e. The molecule has 0 radical (unpaired) electrons. The molecule has 1 aliphatic rings. The number of hydrogen-bond acceptors (Lipinski definition) is 1. The fraction of sp³-hybridized carbons (Fsp3) is 0.286. The van der Waals surface area contributed by atoms with Gasteiger partial charge >= 0.3 is 0 Å². The largest absolute Gasteiger partial charge is 0.308 e. The van der Waals surface area contributed by atoms with Crippen LogP contribution in [0.4, 0.5) is 0 Å². The molecule has 0 aromatic heterocycles. The van der Waals surface area contributed by atoms with Gasteiger partial charge in [-0.2, -0.15) is 10.5 Å². The summed E-state index contributed by atoms with van der Waals surface area (Å²) in [5, 5.41) is 0. The predicted molar refractivity (Wildman–Crippen MR) is 76.6 cm³/mol. The molecule has 0 spiro atoms. The lowest BCUT2D eigenvalue weighted by atomic mass is 10.1. The van der Waals surface area contributed by atoms with Crippen LogP contribution in [0.25, 0.3) is 5.70 Å². The molecule has 0 bridgehead atoms. The van der Waals surface area contributed by atoms with E-state index in [0.717, 1.165) is 35.5 Å². The summed E-state index contributed by atoms with van der Waals surface area (Å²) >= 11 is 0. The van der Waals surface area contributed by atoms with Crippen LogP contribution in [-0.2, 0) is 0 Å². The summed E-state index contributed by atoms with van der Waals surface area (Å²) in [6.07, 6.45) is 3.11. The number of benzene rings is 1. The third kappa shape index (κ3) is 2.34. The van der Waals surface area contributed by atoms with E-state index in [4.69, 9.17) is 0 Å². The van der Waals surface area contributed by atoms with E-state index < -0.39 is 0 Å². The van der Waals surface area contributed by atoms with Crippen LogP contribution in [0, 0.1) is 0 Å². The van der Waals surface area contributed by atoms with Crippen molar-refractivity contribution < 1.29 is 4.79 Å². The molecule has 1 unspecified atom stereocenters. The average Bonchev–Trinajstić information content (AvgIpc) is 2.54. The van der Waals surface area contributed by atoms with Gasteiger partial charge in [0.05, 0.1) is 0 Å². The molecule has 1 atom stereocenters. The van der Waals surface area contributed by atoms with Gasteiger partial charge in [-0.3, -0.25) is 4.79 Å². The second kappa shape index (κ2) is 4.88. The van der Waals surface area contributed by atoms with Crippen molar-refractivity contribution in [3.63, 3.8) is 0 Å². The van der Waals surface area contributed by atoms with Crippen LogP contribution in [0.5, 0.6) is 0 Å². The summed E-state index contributed by atoms with van der Waals surface area (Å²) in [5.74, 6) is 5.13. The van der Waals surface area contributed by atoms with Gasteiger partial charge < -0.3 is 4.90 Å². The van der Waals surface area contributed by atoms with Gasteiger partial charge in [0.25, 0.3) is 5.91 Å². The van der Waals surface area contributed by atoms with Crippen LogP contribution in [0.1, 0.15) is 22.3 Å². The second-order valence-corrected chi connectivity index (χ2v) is 6.26. The van der Waals surface area contributed by atoms with E-state index in [1.807, 2.05) is 24.3 Å². The topological polar surface area (TPSA) is 20.3 Å². The summed E-state index contributed by atoms with van der Waals surface area (Å²) < 4.78 is 0. The van der Waals surface area contributed by atoms with E-state index in [1.54, 1.807) is 4.90 Å². The Morgan fingerprint density at radius 2 is 1.94 bits per heavy atom. The number of hydrogen-bond donors (Lipinski definition) is 0. The molecule has 1 aliphatic heterocycles. The van der Waals surface area contributed by atoms with Crippen molar-refractivity contribution in [3.8, 4) is 0 Å². The Kier molecular flexibility index (Phi) is 3.48. The number of fused-ring (bicyclic) bond motifs is 1. The lowest BCUT2D eigenvalue weighted by Crippen LogP contribution is -2.24. The minimum absolute atomic E-state index is 0.0886. The Bertz CT molecular complexity index is 458. The van der Waals surface area contributed by atoms with E-state index in [0.29, 0.717) is 0 Å². The number of nitrogens with zero attached hydrogens (tertiary/aromatic N) is 1. The maximum Gasteiger partial charge on any atom is 0.258 e. The van der Waals surface area contributed by atoms with Gasteiger partial charge in [-0.1, -0.05) is 30.6 Å². The van der Waals surface area contributed by atoms with Gasteiger partial charge in [-0.15, -0.1) is 0 Å². The average molecular weight is 247 g/mol. The van der Waals surface area contributed by atoms with Gasteiger partial charge in [-0.25, -0.2) is 0 Å². The molecule has 0 saturated carbocycles. The van der Waals surface area contributed by atoms with Crippen molar-refractivity contribution in [2.24, 2.45) is 0 Å². The Hall–Kier alpha value is -1.35. The molecule has 90 valence electrons. The Morgan fingerprint density at radius 3 is 2.53 bits per heavy atom. The smallest absolute Gasteiger partial charge is 0.258 e. The first-order valence-electron chi connectivity index (χ1n) is 5.63. The number of rotatable bonds is 4. The van der Waals surface area contributed by atoms with Gasteiger partial charge in [0.15, 0.2) is 0 Å². The predicted octanol–water partition coefficient (Wildman–Crippen LogP) is 2.83. The van der Waals surface area contributed by atoms with Crippen molar-refractivity contribution in [2.75, 3.05) is 18.6 Å². The summed E-state index contributed by atoms with van der Waals surface area (Å²) in [6, 6.07) is 7.67. The number of amides is 1. The van der Waals surface area contributed by atoms with E-state index in [9.17, 15) is 4.79 Å². The Balaban J connectivity index is 2.11. The summed E-state index contributed by atoms with van der Waals surface area (Å²) in [4.78, 5) is 13.9. The molecule has 2 rings (SSSR count). The fourth-order valence-corrected chi connectivity index (χ4v) is 2.66. The van der Waals surface area contributed by atoms with Crippen LogP contribution >= 0.6 is 10.5 Å². The van der Waals surface area contributed by atoms with Crippen molar-refractivity contribution >= 4 is 28.0 Å². The van der Waals surface area contributed by atoms with E-state index >= 15 is 0 Å². The fourth-order valence-electron chi connectivity index (χ4n) is 2.04. The molecule has 1 amide bonds. The first kappa shape index (κ1) is 12.1.